The summed E-state index contributed by atoms with van der Waals surface area (Å²) in [7, 11) is 1.41. The summed E-state index contributed by atoms with van der Waals surface area (Å²) in [4.78, 5) is 0. The summed E-state index contributed by atoms with van der Waals surface area (Å²) >= 11 is 0. The number of hydrogen-bond donors (Lipinski definition) is 0. The first-order valence-electron chi connectivity index (χ1n) is 3.89. The quantitative estimate of drug-likeness (QED) is 0.404. The van der Waals surface area contributed by atoms with Gasteiger partial charge in [0.05, 0.1) is 13.1 Å². The van der Waals surface area contributed by atoms with Crippen molar-refractivity contribution in [3.63, 3.8) is 0 Å². The maximum atomic E-state index is 10.8. The number of ether oxygens (including phenoxy) is 2. The van der Waals surface area contributed by atoms with Crippen molar-refractivity contribution in [1.29, 1.82) is 0 Å². The Balaban J connectivity index is 0.00000169. The topological polar surface area (TPSA) is 41.5 Å². The Kier molecular flexibility index (Phi) is 6.82. The predicted molar refractivity (Wildman–Crippen MR) is 46.3 cm³/mol. The molecular formula is C10H11LiO3. The molecule has 3 nitrogen and oxygen atoms in total. The van der Waals surface area contributed by atoms with Crippen LogP contribution in [0, 0.1) is 0 Å². The van der Waals surface area contributed by atoms with Gasteiger partial charge in [-0.05, 0) is 5.56 Å². The van der Waals surface area contributed by atoms with Crippen molar-refractivity contribution in [3.05, 3.63) is 48.1 Å². The molecule has 0 aliphatic heterocycles. The molecule has 14 heavy (non-hydrogen) atoms. The molecule has 0 aromatic heterocycles. The van der Waals surface area contributed by atoms with Crippen LogP contribution in [-0.2, 0) is 16.1 Å². The van der Waals surface area contributed by atoms with Gasteiger partial charge in [-0.2, -0.15) is 0 Å². The van der Waals surface area contributed by atoms with Gasteiger partial charge in [-0.3, -0.25) is 0 Å². The Morgan fingerprint density at radius 2 is 2.00 bits per heavy atom. The summed E-state index contributed by atoms with van der Waals surface area (Å²) in [5.74, 6) is -0.466. The Hall–Kier alpha value is -1.04. The smallest absolute Gasteiger partial charge is 0.607 e. The molecule has 0 saturated heterocycles. The molecule has 0 aliphatic rings. The number of methoxy groups -OCH3 is 1. The molecule has 0 N–H and O–H groups in total. The molecule has 0 saturated carbocycles. The monoisotopic (exact) mass is 186 g/mol. The summed E-state index contributed by atoms with van der Waals surface area (Å²) in [6.45, 7) is 0.277. The van der Waals surface area contributed by atoms with E-state index in [2.05, 4.69) is 4.74 Å². The first kappa shape index (κ1) is 13.0. The Bertz CT molecular complexity index is 272. The van der Waals surface area contributed by atoms with E-state index in [9.17, 15) is 5.11 Å². The van der Waals surface area contributed by atoms with E-state index < -0.39 is 5.95 Å². The average Bonchev–Trinajstić information content (AvgIpc) is 2.17. The maximum Gasteiger partial charge on any atom is 1.00 e. The van der Waals surface area contributed by atoms with Gasteiger partial charge in [0.25, 0.3) is 0 Å². The molecule has 0 heterocycles. The van der Waals surface area contributed by atoms with Crippen LogP contribution in [0.25, 0.3) is 0 Å². The summed E-state index contributed by atoms with van der Waals surface area (Å²) in [6, 6.07) is 9.47. The van der Waals surface area contributed by atoms with Crippen molar-refractivity contribution >= 4 is 0 Å². The van der Waals surface area contributed by atoms with Crippen molar-refractivity contribution in [2.45, 2.75) is 6.61 Å². The largest absolute Gasteiger partial charge is 1.00 e. The first-order chi connectivity index (χ1) is 6.33. The molecule has 0 aliphatic carbocycles. The minimum absolute atomic E-state index is 0. The molecule has 0 radical (unpaired) electrons. The molecule has 0 spiro atoms. The molecule has 0 amide bonds. The Labute approximate surface area is 95.5 Å². The second kappa shape index (κ2) is 7.37. The molecule has 4 heteroatoms. The fourth-order valence-electron chi connectivity index (χ4n) is 0.859. The summed E-state index contributed by atoms with van der Waals surface area (Å²) < 4.78 is 9.34. The van der Waals surface area contributed by atoms with Gasteiger partial charge in [0.15, 0.2) is 0 Å². The molecule has 1 aromatic rings. The Morgan fingerprint density at radius 3 is 2.57 bits per heavy atom. The van der Waals surface area contributed by atoms with Crippen LogP contribution < -0.4 is 24.0 Å². The predicted octanol–water partition coefficient (Wildman–Crippen LogP) is -1.99. The van der Waals surface area contributed by atoms with Crippen LogP contribution in [0.15, 0.2) is 42.5 Å². The van der Waals surface area contributed by atoms with E-state index in [1.54, 1.807) is 0 Å². The number of hydrogen-bond acceptors (Lipinski definition) is 3. The first-order valence-corrected chi connectivity index (χ1v) is 3.89. The fraction of sp³-hybridized carbons (Fsp3) is 0.200. The van der Waals surface area contributed by atoms with Crippen LogP contribution >= 0.6 is 0 Å². The van der Waals surface area contributed by atoms with Crippen LogP contribution in [0.1, 0.15) is 5.56 Å². The number of benzene rings is 1. The van der Waals surface area contributed by atoms with E-state index in [1.807, 2.05) is 30.3 Å². The zero-order valence-corrected chi connectivity index (χ0v) is 8.40. The average molecular weight is 186 g/mol. The van der Waals surface area contributed by atoms with Crippen LogP contribution in [0.3, 0.4) is 0 Å². The van der Waals surface area contributed by atoms with Gasteiger partial charge in [-0.25, -0.2) is 0 Å². The van der Waals surface area contributed by atoms with Gasteiger partial charge in [0, 0.05) is 6.61 Å². The second-order valence-electron chi connectivity index (χ2n) is 2.45. The van der Waals surface area contributed by atoms with Gasteiger partial charge in [0.1, 0.15) is 6.26 Å². The molecule has 1 aromatic carbocycles. The normalized spacial score (nSPS) is 10.2. The van der Waals surface area contributed by atoms with E-state index in [0.717, 1.165) is 11.8 Å². The van der Waals surface area contributed by atoms with Crippen LogP contribution in [-0.4, -0.2) is 7.11 Å². The minimum Gasteiger partial charge on any atom is -0.607 e. The molecule has 70 valence electrons. The van der Waals surface area contributed by atoms with E-state index in [-0.39, 0.29) is 25.5 Å². The van der Waals surface area contributed by atoms with Gasteiger partial charge < -0.3 is 14.6 Å². The zero-order valence-electron chi connectivity index (χ0n) is 8.40. The van der Waals surface area contributed by atoms with Crippen molar-refractivity contribution in [3.8, 4) is 0 Å². The maximum absolute atomic E-state index is 10.8. The third-order valence-electron chi connectivity index (χ3n) is 1.44. The van der Waals surface area contributed by atoms with Crippen LogP contribution in [0.2, 0.25) is 0 Å². The SMILES string of the molecule is CO/C=C(\[O-])OCc1ccccc1.[Li+]. The third kappa shape index (κ3) is 4.86. The molecular weight excluding hydrogens is 175 g/mol. The fourth-order valence-corrected chi connectivity index (χ4v) is 0.859. The van der Waals surface area contributed by atoms with E-state index in [1.165, 1.54) is 7.11 Å². The molecule has 0 atom stereocenters. The second-order valence-corrected chi connectivity index (χ2v) is 2.45. The zero-order chi connectivity index (χ0) is 9.52. The summed E-state index contributed by atoms with van der Waals surface area (Å²) in [6.07, 6.45) is 1.03. The van der Waals surface area contributed by atoms with Gasteiger partial charge in [0.2, 0.25) is 0 Å². The standard InChI is InChI=1S/C10H12O3.Li/c1-12-8-10(11)13-7-9-5-3-2-4-6-9;/h2-6,8,11H,7H2,1H3;/q;+1/p-1/b10-8+;. The van der Waals surface area contributed by atoms with E-state index in [4.69, 9.17) is 4.74 Å². The van der Waals surface area contributed by atoms with Crippen molar-refractivity contribution in [2.75, 3.05) is 7.11 Å². The summed E-state index contributed by atoms with van der Waals surface area (Å²) in [5.41, 5.74) is 0.959. The van der Waals surface area contributed by atoms with E-state index in [0.29, 0.717) is 0 Å². The molecule has 0 bridgehead atoms. The van der Waals surface area contributed by atoms with E-state index >= 15 is 0 Å². The Morgan fingerprint density at radius 1 is 1.36 bits per heavy atom. The van der Waals surface area contributed by atoms with Gasteiger partial charge in [-0.15, -0.1) is 0 Å². The molecule has 0 fully saturated rings. The molecule has 0 unspecified atom stereocenters. The van der Waals surface area contributed by atoms with Crippen molar-refractivity contribution in [1.82, 2.24) is 0 Å². The van der Waals surface area contributed by atoms with Crippen LogP contribution in [0.5, 0.6) is 0 Å². The number of rotatable bonds is 4. The van der Waals surface area contributed by atoms with Crippen LogP contribution in [0.4, 0.5) is 0 Å². The minimum atomic E-state index is -0.466. The third-order valence-corrected chi connectivity index (χ3v) is 1.44. The van der Waals surface area contributed by atoms with Crippen molar-refractivity contribution < 1.29 is 33.4 Å². The van der Waals surface area contributed by atoms with Gasteiger partial charge in [-0.1, -0.05) is 30.3 Å². The van der Waals surface area contributed by atoms with Gasteiger partial charge >= 0.3 is 18.9 Å². The van der Waals surface area contributed by atoms with Crippen molar-refractivity contribution in [2.24, 2.45) is 0 Å². The molecule has 1 rings (SSSR count). The summed E-state index contributed by atoms with van der Waals surface area (Å²) in [5, 5.41) is 10.8.